The molecule has 0 radical (unpaired) electrons. The zero-order valence-corrected chi connectivity index (χ0v) is 25.8. The summed E-state index contributed by atoms with van der Waals surface area (Å²) in [6, 6.07) is -4.18. The lowest BCUT2D eigenvalue weighted by Gasteiger charge is -2.47. The number of hydrogen-bond acceptors (Lipinski definition) is 21. The Balaban J connectivity index is 0.00000111. The monoisotopic (exact) mass is 712 g/mol. The van der Waals surface area contributed by atoms with Gasteiger partial charge in [0, 0.05) is 25.2 Å². The van der Waals surface area contributed by atoms with Gasteiger partial charge in [0.15, 0.2) is 18.9 Å². The van der Waals surface area contributed by atoms with Crippen LogP contribution in [-0.4, -0.2) is 189 Å². The molecule has 4 rings (SSSR count). The summed E-state index contributed by atoms with van der Waals surface area (Å²) in [5, 5.41) is 73.0. The second-order valence-electron chi connectivity index (χ2n) is 11.7. The van der Waals surface area contributed by atoms with E-state index in [2.05, 4.69) is 0 Å². The fourth-order valence-electron chi connectivity index (χ4n) is 5.74. The predicted octanol–water partition coefficient (Wildman–Crippen LogP) is -9.55. The highest BCUT2D eigenvalue weighted by molar-refractivity contribution is 7.79. The zero-order valence-electron chi connectivity index (χ0n) is 25.0. The Morgan fingerprint density at radius 2 is 0.979 bits per heavy atom. The minimum atomic E-state index is -4.67. The molecule has 0 bridgehead atoms. The molecule has 1 aliphatic carbocycles. The molecule has 3 heterocycles. The molecule has 0 spiro atoms. The molecule has 1 saturated carbocycles. The SMILES string of the molecule is NC[C@@H]1O[C@H](O[C@H]2[C@@H](O)[C@H](O[C@H]3[C@H](O)[C@H](N)C[C@H](N)[C@H]3O[C@H]3O[C@H](CN)[C@@H](O)[C@H](O)[C@H]3N)O[C@@H]2CO)[C@H](N)[C@@H](O)[C@@H]1O.O=S(=O)(O)O. The van der Waals surface area contributed by atoms with Crippen LogP contribution in [0.1, 0.15) is 6.42 Å². The molecule has 0 aromatic heterocycles. The standard InChI is InChI=1S/C23H46N6O13.H2O4S/c24-2-7-13(32)15(34)10(28)21(37-7)40-18-6(27)1-5(26)12(31)20(18)42-23-17(36)19(9(4-30)39-23)41-22-11(29)16(35)14(33)8(3-25)38-22;1-5(2,3)4/h5-23,30-36H,1-4,24-29H2;(H2,1,2,3,4)/t5-,6+,7-,8+,9-,10-,11-,12-,13-,14-,15-,16-,17-,18-,19-,20+,21-,22-,23+;/m1./s1. The van der Waals surface area contributed by atoms with E-state index < -0.39 is 133 Å². The van der Waals surface area contributed by atoms with Gasteiger partial charge in [0.05, 0.1) is 24.8 Å². The van der Waals surface area contributed by atoms with Gasteiger partial charge in [-0.2, -0.15) is 8.42 Å². The van der Waals surface area contributed by atoms with Crippen LogP contribution in [0.3, 0.4) is 0 Å². The molecular formula is C23H48N6O17S. The first kappa shape index (κ1) is 40.5. The summed E-state index contributed by atoms with van der Waals surface area (Å²) in [6.45, 7) is -0.967. The van der Waals surface area contributed by atoms with Gasteiger partial charge in [-0.25, -0.2) is 0 Å². The molecule has 3 aliphatic heterocycles. The molecule has 23 nitrogen and oxygen atoms in total. The second-order valence-corrected chi connectivity index (χ2v) is 12.6. The Kier molecular flexibility index (Phi) is 14.6. The van der Waals surface area contributed by atoms with E-state index in [4.69, 9.17) is 80.3 Å². The topological polar surface area (TPSA) is 428 Å². The molecule has 4 aliphatic rings. The van der Waals surface area contributed by atoms with E-state index in [1.165, 1.54) is 0 Å². The van der Waals surface area contributed by atoms with E-state index >= 15 is 0 Å². The van der Waals surface area contributed by atoms with E-state index in [0.29, 0.717) is 0 Å². The van der Waals surface area contributed by atoms with Gasteiger partial charge >= 0.3 is 10.4 Å². The first-order valence-electron chi connectivity index (χ1n) is 14.6. The minimum Gasteiger partial charge on any atom is -0.394 e. The molecule has 24 heteroatoms. The predicted molar refractivity (Wildman–Crippen MR) is 153 cm³/mol. The summed E-state index contributed by atoms with van der Waals surface area (Å²) in [5.41, 5.74) is 35.6. The van der Waals surface area contributed by atoms with E-state index in [1.54, 1.807) is 0 Å². The lowest BCUT2D eigenvalue weighted by molar-refractivity contribution is -0.306. The Labute approximate surface area is 269 Å². The van der Waals surface area contributed by atoms with Crippen LogP contribution < -0.4 is 34.4 Å². The van der Waals surface area contributed by atoms with Crippen molar-refractivity contribution in [2.24, 2.45) is 34.4 Å². The third-order valence-corrected chi connectivity index (χ3v) is 8.37. The first-order chi connectivity index (χ1) is 21.8. The maximum Gasteiger partial charge on any atom is 0.394 e. The lowest BCUT2D eigenvalue weighted by Crippen LogP contribution is -2.68. The summed E-state index contributed by atoms with van der Waals surface area (Å²) < 4.78 is 66.2. The van der Waals surface area contributed by atoms with Gasteiger partial charge in [0.25, 0.3) is 0 Å². The molecule has 19 atom stereocenters. The van der Waals surface area contributed by atoms with E-state index in [9.17, 15) is 35.7 Å². The molecule has 0 amide bonds. The summed E-state index contributed by atoms with van der Waals surface area (Å²) in [6.07, 6.45) is -19.8. The third-order valence-electron chi connectivity index (χ3n) is 8.37. The van der Waals surface area contributed by atoms with Crippen molar-refractivity contribution in [3.05, 3.63) is 0 Å². The van der Waals surface area contributed by atoms with Crippen molar-refractivity contribution in [2.45, 2.75) is 123 Å². The van der Waals surface area contributed by atoms with Crippen LogP contribution in [0, 0.1) is 0 Å². The van der Waals surface area contributed by atoms with Crippen molar-refractivity contribution in [1.82, 2.24) is 0 Å². The van der Waals surface area contributed by atoms with E-state index in [1.807, 2.05) is 0 Å². The van der Waals surface area contributed by atoms with Crippen molar-refractivity contribution >= 4 is 10.4 Å². The maximum atomic E-state index is 11.1. The zero-order chi connectivity index (χ0) is 35.5. The fraction of sp³-hybridized carbons (Fsp3) is 1.00. The lowest BCUT2D eigenvalue weighted by atomic mass is 9.84. The van der Waals surface area contributed by atoms with Crippen molar-refractivity contribution < 1.29 is 81.7 Å². The van der Waals surface area contributed by atoms with Gasteiger partial charge in [-0.15, -0.1) is 0 Å². The number of aliphatic hydroxyl groups is 7. The first-order valence-corrected chi connectivity index (χ1v) is 16.0. The van der Waals surface area contributed by atoms with E-state index in [-0.39, 0.29) is 19.5 Å². The van der Waals surface area contributed by atoms with Crippen LogP contribution in [0.2, 0.25) is 0 Å². The fourth-order valence-corrected chi connectivity index (χ4v) is 5.74. The van der Waals surface area contributed by atoms with Crippen LogP contribution >= 0.6 is 0 Å². The van der Waals surface area contributed by atoms with Gasteiger partial charge in [-0.1, -0.05) is 0 Å². The van der Waals surface area contributed by atoms with Crippen molar-refractivity contribution in [1.29, 1.82) is 0 Å². The molecule has 3 saturated heterocycles. The number of nitrogens with two attached hydrogens (primary N) is 6. The number of hydrogen-bond donors (Lipinski definition) is 15. The summed E-state index contributed by atoms with van der Waals surface area (Å²) in [5.74, 6) is 0. The second kappa shape index (κ2) is 16.9. The van der Waals surface area contributed by atoms with Gasteiger partial charge in [-0.05, 0) is 6.42 Å². The highest BCUT2D eigenvalue weighted by atomic mass is 32.3. The minimum absolute atomic E-state index is 0.0889. The van der Waals surface area contributed by atoms with Gasteiger partial charge in [0.2, 0.25) is 0 Å². The third kappa shape index (κ3) is 9.67. The van der Waals surface area contributed by atoms with Crippen LogP contribution in [0.25, 0.3) is 0 Å². The van der Waals surface area contributed by atoms with Crippen molar-refractivity contribution in [3.8, 4) is 0 Å². The normalized spacial score (nSPS) is 49.3. The summed E-state index contributed by atoms with van der Waals surface area (Å²) >= 11 is 0. The van der Waals surface area contributed by atoms with Crippen LogP contribution in [0.4, 0.5) is 0 Å². The summed E-state index contributed by atoms with van der Waals surface area (Å²) in [7, 11) is -4.67. The number of ether oxygens (including phenoxy) is 6. The highest BCUT2D eigenvalue weighted by Crippen LogP contribution is 2.34. The Morgan fingerprint density at radius 3 is 1.40 bits per heavy atom. The smallest absolute Gasteiger partial charge is 0.394 e. The molecule has 21 N–H and O–H groups in total. The molecule has 0 aromatic rings. The molecule has 0 unspecified atom stereocenters. The van der Waals surface area contributed by atoms with Crippen LogP contribution in [0.5, 0.6) is 0 Å². The molecule has 278 valence electrons. The average Bonchev–Trinajstić information content (AvgIpc) is 3.30. The van der Waals surface area contributed by atoms with Gasteiger partial charge in [-0.3, -0.25) is 9.11 Å². The maximum absolute atomic E-state index is 11.1. The Bertz CT molecular complexity index is 1080. The molecule has 0 aromatic carbocycles. The molecule has 47 heavy (non-hydrogen) atoms. The Hall–Kier alpha value is -0.890. The highest BCUT2D eigenvalue weighted by Gasteiger charge is 2.54. The largest absolute Gasteiger partial charge is 0.394 e. The van der Waals surface area contributed by atoms with Gasteiger partial charge in [0.1, 0.15) is 67.1 Å². The van der Waals surface area contributed by atoms with Crippen LogP contribution in [0.15, 0.2) is 0 Å². The van der Waals surface area contributed by atoms with Gasteiger partial charge < -0.3 is 98.6 Å². The van der Waals surface area contributed by atoms with Crippen molar-refractivity contribution in [3.63, 3.8) is 0 Å². The quantitative estimate of drug-likeness (QED) is 0.0986. The molecular weight excluding hydrogens is 664 g/mol. The molecule has 4 fully saturated rings. The number of rotatable bonds is 9. The number of aliphatic hydroxyl groups excluding tert-OH is 7. The van der Waals surface area contributed by atoms with Crippen molar-refractivity contribution in [2.75, 3.05) is 19.7 Å². The summed E-state index contributed by atoms with van der Waals surface area (Å²) in [4.78, 5) is 0. The van der Waals surface area contributed by atoms with E-state index in [0.717, 1.165) is 0 Å². The average molecular weight is 713 g/mol. The van der Waals surface area contributed by atoms with Crippen LogP contribution in [-0.2, 0) is 38.8 Å². The Morgan fingerprint density at radius 1 is 0.574 bits per heavy atom.